The Kier molecular flexibility index (Phi) is 5.45. The lowest BCUT2D eigenvalue weighted by molar-refractivity contribution is -0.124. The maximum absolute atomic E-state index is 12.3. The number of benzene rings is 1. The molecule has 1 aromatic carbocycles. The second-order valence-electron chi connectivity index (χ2n) is 6.09. The zero-order valence-corrected chi connectivity index (χ0v) is 15.0. The highest BCUT2D eigenvalue weighted by molar-refractivity contribution is 8.01. The average molecular weight is 359 g/mol. The Morgan fingerprint density at radius 1 is 1.32 bits per heavy atom. The van der Waals surface area contributed by atoms with Crippen LogP contribution in [0.5, 0.6) is 0 Å². The van der Waals surface area contributed by atoms with Gasteiger partial charge in [0.1, 0.15) is 5.76 Å². The van der Waals surface area contributed by atoms with Crippen molar-refractivity contribution in [2.75, 3.05) is 26.0 Å². The lowest BCUT2D eigenvalue weighted by Gasteiger charge is -2.25. The molecule has 0 fully saturated rings. The van der Waals surface area contributed by atoms with Crippen molar-refractivity contribution in [1.29, 1.82) is 0 Å². The van der Waals surface area contributed by atoms with E-state index in [9.17, 15) is 9.59 Å². The summed E-state index contributed by atoms with van der Waals surface area (Å²) < 4.78 is 5.43. The van der Waals surface area contributed by atoms with E-state index in [1.54, 1.807) is 6.26 Å². The summed E-state index contributed by atoms with van der Waals surface area (Å²) in [6.45, 7) is 0.426. The van der Waals surface area contributed by atoms with Crippen molar-refractivity contribution in [3.8, 4) is 0 Å². The number of hydrogen-bond donors (Lipinski definition) is 2. The van der Waals surface area contributed by atoms with Crippen LogP contribution in [0.1, 0.15) is 18.2 Å². The first-order valence-electron chi connectivity index (χ1n) is 8.07. The molecule has 0 saturated carbocycles. The van der Waals surface area contributed by atoms with Crippen LogP contribution in [-0.2, 0) is 9.59 Å². The van der Waals surface area contributed by atoms with Crippen molar-refractivity contribution in [2.24, 2.45) is 0 Å². The van der Waals surface area contributed by atoms with Crippen molar-refractivity contribution in [3.05, 3.63) is 48.4 Å². The molecule has 2 heterocycles. The van der Waals surface area contributed by atoms with Gasteiger partial charge in [0.15, 0.2) is 0 Å². The monoisotopic (exact) mass is 359 g/mol. The number of fused-ring (bicyclic) bond motifs is 1. The molecule has 132 valence electrons. The molecule has 1 aliphatic rings. The number of carbonyl (C=O) groups excluding carboxylic acids is 2. The molecule has 25 heavy (non-hydrogen) atoms. The summed E-state index contributed by atoms with van der Waals surface area (Å²) in [4.78, 5) is 27.5. The minimum absolute atomic E-state index is 0.0486. The van der Waals surface area contributed by atoms with Crippen LogP contribution in [0.2, 0.25) is 0 Å². The zero-order chi connectivity index (χ0) is 17.8. The summed E-state index contributed by atoms with van der Waals surface area (Å²) in [7, 11) is 3.86. The molecule has 1 aliphatic heterocycles. The van der Waals surface area contributed by atoms with Crippen LogP contribution in [-0.4, -0.2) is 42.6 Å². The first kappa shape index (κ1) is 17.6. The zero-order valence-electron chi connectivity index (χ0n) is 14.2. The first-order chi connectivity index (χ1) is 12.0. The van der Waals surface area contributed by atoms with Crippen molar-refractivity contribution in [2.45, 2.75) is 22.6 Å². The molecular weight excluding hydrogens is 338 g/mol. The Hall–Kier alpha value is -2.25. The van der Waals surface area contributed by atoms with E-state index in [2.05, 4.69) is 10.6 Å². The lowest BCUT2D eigenvalue weighted by atomic mass is 10.2. The highest BCUT2D eigenvalue weighted by atomic mass is 32.2. The Labute approximate surface area is 151 Å². The van der Waals surface area contributed by atoms with E-state index >= 15 is 0 Å². The molecule has 2 amide bonds. The molecule has 0 radical (unpaired) electrons. The number of nitrogens with zero attached hydrogens (tertiary/aromatic N) is 1. The summed E-state index contributed by atoms with van der Waals surface area (Å²) in [6, 6.07) is 11.3. The molecule has 2 atom stereocenters. The Bertz CT molecular complexity index is 746. The number of amides is 2. The van der Waals surface area contributed by atoms with Crippen molar-refractivity contribution in [1.82, 2.24) is 10.2 Å². The van der Waals surface area contributed by atoms with Crippen LogP contribution in [0.15, 0.2) is 52.0 Å². The van der Waals surface area contributed by atoms with Crippen LogP contribution in [0, 0.1) is 0 Å². The van der Waals surface area contributed by atoms with Gasteiger partial charge in [-0.15, -0.1) is 11.8 Å². The van der Waals surface area contributed by atoms with E-state index in [1.165, 1.54) is 11.8 Å². The molecule has 3 rings (SSSR count). The van der Waals surface area contributed by atoms with E-state index in [0.717, 1.165) is 16.3 Å². The summed E-state index contributed by atoms with van der Waals surface area (Å²) in [5.41, 5.74) is 0.805. The number of para-hydroxylation sites is 1. The van der Waals surface area contributed by atoms with Crippen LogP contribution >= 0.6 is 11.8 Å². The molecule has 0 aliphatic carbocycles. The van der Waals surface area contributed by atoms with Gasteiger partial charge in [-0.3, -0.25) is 14.5 Å². The third-order valence-corrected chi connectivity index (χ3v) is 5.34. The minimum Gasteiger partial charge on any atom is -0.468 e. The number of carbonyl (C=O) groups is 2. The van der Waals surface area contributed by atoms with E-state index in [0.29, 0.717) is 6.54 Å². The van der Waals surface area contributed by atoms with Gasteiger partial charge in [-0.05, 0) is 38.4 Å². The molecule has 0 spiro atoms. The quantitative estimate of drug-likeness (QED) is 0.829. The molecule has 7 heteroatoms. The molecule has 2 aromatic rings. The average Bonchev–Trinajstić information content (AvgIpc) is 3.09. The molecule has 6 nitrogen and oxygen atoms in total. The van der Waals surface area contributed by atoms with Gasteiger partial charge in [-0.25, -0.2) is 0 Å². The van der Waals surface area contributed by atoms with Gasteiger partial charge in [-0.2, -0.15) is 0 Å². The second kappa shape index (κ2) is 7.76. The van der Waals surface area contributed by atoms with E-state index in [1.807, 2.05) is 55.4 Å². The van der Waals surface area contributed by atoms with Crippen LogP contribution in [0.25, 0.3) is 0 Å². The normalized spacial score (nSPS) is 17.7. The third-order valence-electron chi connectivity index (χ3n) is 4.06. The topological polar surface area (TPSA) is 74.6 Å². The molecule has 0 saturated heterocycles. The maximum atomic E-state index is 12.3. The summed E-state index contributed by atoms with van der Waals surface area (Å²) in [6.07, 6.45) is 1.76. The summed E-state index contributed by atoms with van der Waals surface area (Å²) in [5.74, 6) is 0.517. The van der Waals surface area contributed by atoms with Gasteiger partial charge in [0.2, 0.25) is 11.8 Å². The minimum atomic E-state index is -0.420. The van der Waals surface area contributed by atoms with Crippen molar-refractivity contribution >= 4 is 29.3 Å². The smallest absolute Gasteiger partial charge is 0.238 e. The SMILES string of the molecule is CN(C)C(CNC(=O)CC1Sc2ccccc2NC1=O)c1ccco1. The first-order valence-corrected chi connectivity index (χ1v) is 8.95. The van der Waals surface area contributed by atoms with Gasteiger partial charge in [-0.1, -0.05) is 12.1 Å². The number of nitrogens with one attached hydrogen (secondary N) is 2. The van der Waals surface area contributed by atoms with Crippen LogP contribution in [0.4, 0.5) is 5.69 Å². The number of hydrogen-bond acceptors (Lipinski definition) is 5. The van der Waals surface area contributed by atoms with Gasteiger partial charge in [0, 0.05) is 17.9 Å². The van der Waals surface area contributed by atoms with Crippen LogP contribution in [0.3, 0.4) is 0 Å². The maximum Gasteiger partial charge on any atom is 0.238 e. The van der Waals surface area contributed by atoms with Crippen LogP contribution < -0.4 is 10.6 Å². The van der Waals surface area contributed by atoms with Crippen molar-refractivity contribution < 1.29 is 14.0 Å². The molecular formula is C18H21N3O3S. The van der Waals surface area contributed by atoms with Gasteiger partial charge in [0.05, 0.1) is 23.2 Å². The third kappa shape index (κ3) is 4.24. The van der Waals surface area contributed by atoms with Crippen molar-refractivity contribution in [3.63, 3.8) is 0 Å². The van der Waals surface area contributed by atoms with Gasteiger partial charge in [0.25, 0.3) is 0 Å². The van der Waals surface area contributed by atoms with E-state index in [-0.39, 0.29) is 24.3 Å². The highest BCUT2D eigenvalue weighted by Crippen LogP contribution is 2.36. The number of rotatable bonds is 6. The van der Waals surface area contributed by atoms with E-state index < -0.39 is 5.25 Å². The lowest BCUT2D eigenvalue weighted by Crippen LogP contribution is -2.38. The molecule has 2 unspecified atom stereocenters. The van der Waals surface area contributed by atoms with Gasteiger partial charge < -0.3 is 15.1 Å². The highest BCUT2D eigenvalue weighted by Gasteiger charge is 2.29. The fourth-order valence-electron chi connectivity index (χ4n) is 2.70. The fraction of sp³-hybridized carbons (Fsp3) is 0.333. The number of likely N-dealkylation sites (N-methyl/N-ethyl adjacent to an activating group) is 1. The Morgan fingerprint density at radius 2 is 2.12 bits per heavy atom. The van der Waals surface area contributed by atoms with Gasteiger partial charge >= 0.3 is 0 Å². The molecule has 1 aromatic heterocycles. The Balaban J connectivity index is 1.57. The Morgan fingerprint density at radius 3 is 2.84 bits per heavy atom. The number of thioether (sulfide) groups is 1. The summed E-state index contributed by atoms with van der Waals surface area (Å²) in [5, 5.41) is 5.35. The predicted octanol–water partition coefficient (Wildman–Crippen LogP) is 2.50. The summed E-state index contributed by atoms with van der Waals surface area (Å²) >= 11 is 1.43. The standard InChI is InChI=1S/C18H21N3O3S/c1-21(2)13(14-7-5-9-24-14)11-19-17(22)10-16-18(23)20-12-6-3-4-8-15(12)25-16/h3-9,13,16H,10-11H2,1-2H3,(H,19,22)(H,20,23). The molecule has 2 N–H and O–H groups in total. The predicted molar refractivity (Wildman–Crippen MR) is 97.5 cm³/mol. The number of furan rings is 1. The fourth-order valence-corrected chi connectivity index (χ4v) is 3.81. The second-order valence-corrected chi connectivity index (χ2v) is 7.34. The molecule has 0 bridgehead atoms. The number of anilines is 1. The largest absolute Gasteiger partial charge is 0.468 e. The van der Waals surface area contributed by atoms with E-state index in [4.69, 9.17) is 4.42 Å².